The summed E-state index contributed by atoms with van der Waals surface area (Å²) in [6, 6.07) is 0. The van der Waals surface area contributed by atoms with E-state index in [2.05, 4.69) is 36.6 Å². The summed E-state index contributed by atoms with van der Waals surface area (Å²) >= 11 is 6.25. The molecular formula is C11H21NS2. The molecule has 0 aromatic rings. The van der Waals surface area contributed by atoms with Crippen molar-refractivity contribution < 1.29 is 0 Å². The molecule has 1 saturated carbocycles. The van der Waals surface area contributed by atoms with Crippen molar-refractivity contribution >= 4 is 24.4 Å². The fraction of sp³-hybridized carbons (Fsp3) is 0.818. The van der Waals surface area contributed by atoms with Gasteiger partial charge >= 0.3 is 0 Å². The van der Waals surface area contributed by atoms with Crippen LogP contribution >= 0.6 is 11.9 Å². The number of hydrogen-bond acceptors (Lipinski definition) is 3. The Hall–Kier alpha value is 0.110. The van der Waals surface area contributed by atoms with Crippen LogP contribution in [0.3, 0.4) is 0 Å². The van der Waals surface area contributed by atoms with Crippen molar-refractivity contribution in [1.82, 2.24) is 0 Å². The van der Waals surface area contributed by atoms with Crippen molar-refractivity contribution in [3.05, 3.63) is 12.7 Å². The number of rotatable bonds is 2. The van der Waals surface area contributed by atoms with Crippen LogP contribution in [-0.2, 0) is 12.4 Å². The summed E-state index contributed by atoms with van der Waals surface area (Å²) < 4.78 is 4.11. The van der Waals surface area contributed by atoms with Gasteiger partial charge in [-0.25, -0.2) is 0 Å². The highest BCUT2D eigenvalue weighted by Gasteiger charge is 2.34. The predicted octanol–water partition coefficient (Wildman–Crippen LogP) is 4.53. The van der Waals surface area contributed by atoms with E-state index in [0.29, 0.717) is 4.75 Å². The molecule has 0 aromatic carbocycles. The lowest BCUT2D eigenvalue weighted by Gasteiger charge is -2.36. The molecular weight excluding hydrogens is 210 g/mol. The lowest BCUT2D eigenvalue weighted by atomic mass is 9.81. The largest absolute Gasteiger partial charge is 0.147 e. The highest BCUT2D eigenvalue weighted by molar-refractivity contribution is 8.01. The first kappa shape index (κ1) is 14.1. The van der Waals surface area contributed by atoms with Gasteiger partial charge in [0.05, 0.1) is 0 Å². The van der Waals surface area contributed by atoms with Crippen molar-refractivity contribution in [3.63, 3.8) is 0 Å². The summed E-state index contributed by atoms with van der Waals surface area (Å²) in [5.41, 5.74) is 0. The summed E-state index contributed by atoms with van der Waals surface area (Å²) in [4.78, 5) is 0. The first-order chi connectivity index (χ1) is 6.60. The third-order valence-corrected chi connectivity index (χ3v) is 4.17. The van der Waals surface area contributed by atoms with Gasteiger partial charge in [0.25, 0.3) is 0 Å². The minimum absolute atomic E-state index is 0.333. The minimum atomic E-state index is 0.333. The first-order valence-corrected chi connectivity index (χ1v) is 6.32. The molecule has 14 heavy (non-hydrogen) atoms. The van der Waals surface area contributed by atoms with Gasteiger partial charge in [0.15, 0.2) is 0 Å². The third-order valence-electron chi connectivity index (χ3n) is 2.85. The molecule has 82 valence electrons. The van der Waals surface area contributed by atoms with Crippen LogP contribution in [0.15, 0.2) is 16.4 Å². The molecule has 0 bridgehead atoms. The molecule has 0 aliphatic heterocycles. The minimum Gasteiger partial charge on any atom is -0.147 e. The second kappa shape index (κ2) is 7.41. The third kappa shape index (κ3) is 4.56. The van der Waals surface area contributed by atoms with Crippen LogP contribution in [0.25, 0.3) is 0 Å². The van der Waals surface area contributed by atoms with E-state index in [4.69, 9.17) is 0 Å². The molecule has 1 rings (SSSR count). The van der Waals surface area contributed by atoms with Crippen LogP contribution in [0.4, 0.5) is 0 Å². The molecule has 0 heterocycles. The van der Waals surface area contributed by atoms with Gasteiger partial charge in [0, 0.05) is 17.2 Å². The quantitative estimate of drug-likeness (QED) is 0.511. The van der Waals surface area contributed by atoms with Crippen molar-refractivity contribution in [2.45, 2.75) is 51.2 Å². The molecule has 0 N–H and O–H groups in total. The second-order valence-electron chi connectivity index (χ2n) is 4.03. The van der Waals surface area contributed by atoms with E-state index in [9.17, 15) is 0 Å². The molecule has 2 atom stereocenters. The second-order valence-corrected chi connectivity index (χ2v) is 5.75. The predicted molar refractivity (Wildman–Crippen MR) is 69.3 cm³/mol. The van der Waals surface area contributed by atoms with Crippen LogP contribution in [0.5, 0.6) is 0 Å². The van der Waals surface area contributed by atoms with Crippen LogP contribution in [0.2, 0.25) is 0 Å². The van der Waals surface area contributed by atoms with Crippen LogP contribution < -0.4 is 0 Å². The fourth-order valence-corrected chi connectivity index (χ4v) is 2.91. The van der Waals surface area contributed by atoms with Gasteiger partial charge in [-0.3, -0.25) is 0 Å². The summed E-state index contributed by atoms with van der Waals surface area (Å²) in [5, 5.41) is 0. The van der Waals surface area contributed by atoms with Crippen molar-refractivity contribution in [2.75, 3.05) is 0 Å². The van der Waals surface area contributed by atoms with Gasteiger partial charge < -0.3 is 0 Å². The van der Waals surface area contributed by atoms with Gasteiger partial charge in [-0.15, -0.1) is 10.3 Å². The van der Waals surface area contributed by atoms with Crippen molar-refractivity contribution in [1.29, 1.82) is 0 Å². The molecule has 0 saturated heterocycles. The standard InChI is InChI=1S/C8H15NS2.C3H6/c1-7-5-3-4-6-8(7,2)11-9-10;1-3-2/h7H,3-6H2,1-2H3;3H,1H2,2H3. The van der Waals surface area contributed by atoms with E-state index in [1.807, 2.05) is 6.92 Å². The Kier molecular flexibility index (Phi) is 7.47. The average molecular weight is 231 g/mol. The summed E-state index contributed by atoms with van der Waals surface area (Å²) in [6.45, 7) is 9.85. The van der Waals surface area contributed by atoms with E-state index >= 15 is 0 Å². The van der Waals surface area contributed by atoms with Crippen LogP contribution in [0.1, 0.15) is 46.5 Å². The zero-order valence-corrected chi connectivity index (χ0v) is 11.1. The molecule has 1 aliphatic rings. The van der Waals surface area contributed by atoms with Gasteiger partial charge in [0.1, 0.15) is 0 Å². The molecule has 1 fully saturated rings. The maximum atomic E-state index is 4.65. The molecule has 0 radical (unpaired) electrons. The first-order valence-electron chi connectivity index (χ1n) is 5.18. The zero-order valence-electron chi connectivity index (χ0n) is 9.45. The number of hydrogen-bond donors (Lipinski definition) is 0. The zero-order chi connectivity index (χ0) is 11.0. The van der Waals surface area contributed by atoms with Gasteiger partial charge in [-0.1, -0.05) is 25.8 Å². The number of nitrogens with zero attached hydrogens (tertiary/aromatic N) is 1. The lowest BCUT2D eigenvalue weighted by Crippen LogP contribution is -2.31. The Bertz CT molecular complexity index is 182. The summed E-state index contributed by atoms with van der Waals surface area (Å²) in [5.74, 6) is 0.771. The van der Waals surface area contributed by atoms with Crippen LogP contribution in [-0.4, -0.2) is 4.75 Å². The Morgan fingerprint density at radius 3 is 2.57 bits per heavy atom. The molecule has 0 amide bonds. The lowest BCUT2D eigenvalue weighted by molar-refractivity contribution is 0.312. The Labute approximate surface area is 98.0 Å². The highest BCUT2D eigenvalue weighted by atomic mass is 32.2. The Morgan fingerprint density at radius 1 is 1.57 bits per heavy atom. The van der Waals surface area contributed by atoms with Gasteiger partial charge in [-0.2, -0.15) is 0 Å². The monoisotopic (exact) mass is 231 g/mol. The maximum absolute atomic E-state index is 4.65. The normalized spacial score (nSPS) is 31.2. The van der Waals surface area contributed by atoms with Crippen molar-refractivity contribution in [3.8, 4) is 0 Å². The smallest absolute Gasteiger partial charge is 0.0495 e. The van der Waals surface area contributed by atoms with E-state index in [0.717, 1.165) is 5.92 Å². The fourth-order valence-electron chi connectivity index (χ4n) is 1.70. The molecule has 0 spiro atoms. The molecule has 1 nitrogen and oxygen atoms in total. The van der Waals surface area contributed by atoms with Gasteiger partial charge in [-0.05, 0) is 44.6 Å². The average Bonchev–Trinajstić information content (AvgIpc) is 2.12. The van der Waals surface area contributed by atoms with Gasteiger partial charge in [0.2, 0.25) is 0 Å². The molecule has 3 heteroatoms. The Morgan fingerprint density at radius 2 is 2.14 bits per heavy atom. The number of allylic oxidation sites excluding steroid dienone is 1. The van der Waals surface area contributed by atoms with Crippen LogP contribution in [0, 0.1) is 5.92 Å². The highest BCUT2D eigenvalue weighted by Crippen LogP contribution is 2.43. The molecule has 1 aliphatic carbocycles. The van der Waals surface area contributed by atoms with E-state index < -0.39 is 0 Å². The van der Waals surface area contributed by atoms with E-state index in [1.165, 1.54) is 25.7 Å². The topological polar surface area (TPSA) is 12.4 Å². The Balaban J connectivity index is 0.000000500. The molecule has 0 aromatic heterocycles. The van der Waals surface area contributed by atoms with E-state index in [1.54, 1.807) is 18.0 Å². The summed E-state index contributed by atoms with van der Waals surface area (Å²) in [6.07, 6.45) is 7.10. The molecule has 2 unspecified atom stereocenters. The van der Waals surface area contributed by atoms with Crippen molar-refractivity contribution in [2.24, 2.45) is 9.69 Å². The summed E-state index contributed by atoms with van der Waals surface area (Å²) in [7, 11) is 0. The SMILES string of the molecule is C=CC.CC1CCCCC1(C)SN=S. The maximum Gasteiger partial charge on any atom is 0.0495 e. The van der Waals surface area contributed by atoms with E-state index in [-0.39, 0.29) is 0 Å².